The molecule has 0 radical (unpaired) electrons. The Morgan fingerprint density at radius 2 is 1.41 bits per heavy atom. The van der Waals surface area contributed by atoms with Crippen molar-refractivity contribution in [1.82, 2.24) is 10.0 Å². The van der Waals surface area contributed by atoms with Gasteiger partial charge in [-0.3, -0.25) is 0 Å². The van der Waals surface area contributed by atoms with E-state index in [1.807, 2.05) is 0 Å². The average Bonchev–Trinajstić information content (AvgIpc) is 2.87. The van der Waals surface area contributed by atoms with Crippen LogP contribution in [0.1, 0.15) is 12.8 Å². The molecule has 1 fully saturated rings. The van der Waals surface area contributed by atoms with Crippen LogP contribution in [0.2, 0.25) is 0 Å². The van der Waals surface area contributed by atoms with Gasteiger partial charge in [0.15, 0.2) is 0 Å². The van der Waals surface area contributed by atoms with E-state index in [1.54, 1.807) is 0 Å². The van der Waals surface area contributed by atoms with Crippen LogP contribution in [0.3, 0.4) is 0 Å². The first-order valence-corrected chi connectivity index (χ1v) is 6.61. The molecule has 118 valence electrons. The molecule has 7 nitrogen and oxygen atoms in total. The Labute approximate surface area is 138 Å². The number of allylic oxidation sites excluding steroid dienone is 1. The molecule has 0 spiro atoms. The van der Waals surface area contributed by atoms with Crippen LogP contribution in [-0.2, 0) is 39.2 Å². The van der Waals surface area contributed by atoms with Gasteiger partial charge in [-0.05, 0) is 0 Å². The van der Waals surface area contributed by atoms with E-state index >= 15 is 0 Å². The van der Waals surface area contributed by atoms with Crippen LogP contribution in [0.4, 0.5) is 0 Å². The summed E-state index contributed by atoms with van der Waals surface area (Å²) in [6.07, 6.45) is 6.80. The normalized spacial score (nSPS) is 17.2. The van der Waals surface area contributed by atoms with E-state index < -0.39 is 0 Å². The van der Waals surface area contributed by atoms with Gasteiger partial charge in [0.05, 0.1) is 0 Å². The number of hydrogen-bond donors (Lipinski definition) is 0. The monoisotopic (exact) mass is 344 g/mol. The van der Waals surface area contributed by atoms with Gasteiger partial charge in [0.1, 0.15) is 0 Å². The predicted molar refractivity (Wildman–Crippen MR) is 68.2 cm³/mol. The predicted octanol–water partition coefficient (Wildman–Crippen LogP) is 0.412. The second kappa shape index (κ2) is 22.3. The summed E-state index contributed by atoms with van der Waals surface area (Å²) in [5.41, 5.74) is 0. The summed E-state index contributed by atoms with van der Waals surface area (Å²) in [7, 11) is 0. The van der Waals surface area contributed by atoms with E-state index in [4.69, 9.17) is 23.3 Å². The van der Waals surface area contributed by atoms with Crippen molar-refractivity contribution in [1.29, 1.82) is 0 Å². The van der Waals surface area contributed by atoms with Crippen molar-refractivity contribution in [2.75, 3.05) is 32.8 Å². The van der Waals surface area contributed by atoms with E-state index in [9.17, 15) is 0 Å². The first-order chi connectivity index (χ1) is 10.9. The molecule has 22 heavy (non-hydrogen) atoms. The van der Waals surface area contributed by atoms with Crippen LogP contribution in [0.15, 0.2) is 12.2 Å². The molecule has 0 aromatic heterocycles. The van der Waals surface area contributed by atoms with Gasteiger partial charge >= 0.3 is 138 Å². The molecular weight excluding hydrogens is 328 g/mol. The fourth-order valence-electron chi connectivity index (χ4n) is 1.80. The molecule has 0 amide bonds. The molecule has 2 heterocycles. The van der Waals surface area contributed by atoms with E-state index in [2.05, 4.69) is 64.6 Å². The number of ether oxygens (including phenoxy) is 1. The number of hydrogen-bond acceptors (Lipinski definition) is 3. The summed E-state index contributed by atoms with van der Waals surface area (Å²) in [4.78, 5) is 0. The zero-order chi connectivity index (χ0) is 17.8. The van der Waals surface area contributed by atoms with Crippen molar-refractivity contribution in [2.24, 2.45) is 0 Å². The summed E-state index contributed by atoms with van der Waals surface area (Å²) in [6, 6.07) is 0. The second-order valence-electron chi connectivity index (χ2n) is 3.55. The molecular formula is C14H16CrN2O5. The molecule has 0 N–H and O–H groups in total. The Morgan fingerprint density at radius 3 is 1.91 bits per heavy atom. The van der Waals surface area contributed by atoms with Gasteiger partial charge in [-0.15, -0.1) is 0 Å². The molecule has 2 aliphatic heterocycles. The summed E-state index contributed by atoms with van der Waals surface area (Å²) >= 11 is 3.19. The summed E-state index contributed by atoms with van der Waals surface area (Å²) in [6.45, 7) is 22.7. The molecule has 2 rings (SSSR count). The first kappa shape index (κ1) is 25.9. The van der Waals surface area contributed by atoms with Gasteiger partial charge < -0.3 is 0 Å². The van der Waals surface area contributed by atoms with Gasteiger partial charge in [-0.2, -0.15) is 0 Å². The third kappa shape index (κ3) is 11.6. The molecule has 2 aliphatic rings. The zero-order valence-electron chi connectivity index (χ0n) is 11.9. The van der Waals surface area contributed by atoms with Gasteiger partial charge in [-0.1, -0.05) is 0 Å². The topological polar surface area (TPSA) is 95.3 Å². The van der Waals surface area contributed by atoms with E-state index in [1.165, 1.54) is 4.50 Å². The van der Waals surface area contributed by atoms with Crippen molar-refractivity contribution >= 4 is 4.50 Å². The zero-order valence-corrected chi connectivity index (χ0v) is 13.2. The number of nitrogens with zero attached hydrogens (tertiary/aromatic N) is 2. The molecule has 0 unspecified atom stereocenters. The Hall–Kier alpha value is -1.02. The van der Waals surface area contributed by atoms with Gasteiger partial charge in [0.25, 0.3) is 0 Å². The molecule has 8 heteroatoms. The summed E-state index contributed by atoms with van der Waals surface area (Å²) in [5, 5.41) is 4.73. The van der Waals surface area contributed by atoms with Crippen molar-refractivity contribution in [3.05, 3.63) is 38.8 Å². The standard InChI is InChI=1S/C10H16N2O.4CO.Cr/c1-2-4-6-11(5-3-1)12-7-9-13-10-8-12;4*1-2;/h1,3H,2,4-5,7-10H2;;;;;. The molecule has 1 saturated heterocycles. The number of rotatable bonds is 1. The molecule has 0 aliphatic carbocycles. The fraction of sp³-hybridized carbons (Fsp3) is 0.500. The first-order valence-electron chi connectivity index (χ1n) is 5.97. The van der Waals surface area contributed by atoms with E-state index in [0.29, 0.717) is 0 Å². The Morgan fingerprint density at radius 1 is 0.909 bits per heavy atom. The molecule has 0 aromatic rings. The third-order valence-electron chi connectivity index (χ3n) is 2.59. The molecule has 0 saturated carbocycles. The summed E-state index contributed by atoms with van der Waals surface area (Å²) in [5.74, 6) is 0. The second-order valence-corrected chi connectivity index (χ2v) is 4.29. The maximum atomic E-state index is 7.50. The van der Waals surface area contributed by atoms with Crippen molar-refractivity contribution < 1.29 is 39.2 Å². The van der Waals surface area contributed by atoms with Gasteiger partial charge in [0, 0.05) is 0 Å². The van der Waals surface area contributed by atoms with Gasteiger partial charge in [-0.25, -0.2) is 0 Å². The third-order valence-corrected chi connectivity index (χ3v) is 3.23. The Balaban J connectivity index is -0.000000394. The quantitative estimate of drug-likeness (QED) is 0.392. The average molecular weight is 344 g/mol. The fourth-order valence-corrected chi connectivity index (χ4v) is 2.28. The number of hydrazine groups is 1. The van der Waals surface area contributed by atoms with Crippen molar-refractivity contribution in [2.45, 2.75) is 12.8 Å². The molecule has 0 aromatic carbocycles. The Kier molecular flexibility index (Phi) is 26.2. The number of morpholine rings is 1. The van der Waals surface area contributed by atoms with Crippen LogP contribution in [0, 0.1) is 26.6 Å². The molecule has 0 bridgehead atoms. The van der Waals surface area contributed by atoms with Crippen LogP contribution in [-0.4, -0.2) is 47.4 Å². The van der Waals surface area contributed by atoms with Crippen molar-refractivity contribution in [3.8, 4) is 0 Å². The van der Waals surface area contributed by atoms with E-state index in [0.717, 1.165) is 45.7 Å². The minimum absolute atomic E-state index is 0.855. The van der Waals surface area contributed by atoms with Crippen LogP contribution < -0.4 is 0 Å². The van der Waals surface area contributed by atoms with Crippen LogP contribution in [0.25, 0.3) is 0 Å². The van der Waals surface area contributed by atoms with Crippen LogP contribution in [0.5, 0.6) is 0 Å². The van der Waals surface area contributed by atoms with Crippen molar-refractivity contribution in [3.63, 3.8) is 0 Å². The summed E-state index contributed by atoms with van der Waals surface area (Å²) < 4.78 is 36.7. The maximum absolute atomic E-state index is 7.50. The minimum atomic E-state index is 0.855. The van der Waals surface area contributed by atoms with E-state index in [-0.39, 0.29) is 0 Å². The SMILES string of the molecule is [C-]#[O+].[C-]#[O+].[C-]#[O+].[C-]#[O+].[Cr]=[C]1CCC=CCN1N1CCOCC1. The van der Waals surface area contributed by atoms with Gasteiger partial charge in [0.2, 0.25) is 0 Å². The Bertz CT molecular complexity index is 360. The van der Waals surface area contributed by atoms with Crippen LogP contribution >= 0.6 is 0 Å². The molecule has 0 atom stereocenters.